The molecular weight excluding hydrogens is 1740 g/mol. The fourth-order valence-electron chi connectivity index (χ4n) is 17.6. The van der Waals surface area contributed by atoms with E-state index in [9.17, 15) is 14.4 Å². The number of fused-ring (bicyclic) bond motifs is 1. The summed E-state index contributed by atoms with van der Waals surface area (Å²) >= 11 is 0. The molecule has 0 bridgehead atoms. The van der Waals surface area contributed by atoms with Crippen LogP contribution in [0.5, 0.6) is 0 Å². The number of Topliss-reactive ketones (excluding diaryl/α,β-unsaturated/α-hetero) is 3. The van der Waals surface area contributed by atoms with Gasteiger partial charge in [-0.2, -0.15) is 0 Å². The molecule has 1 aliphatic rings. The monoisotopic (exact) mass is 1970 g/mol. The molecule has 0 aliphatic heterocycles. The quantitative estimate of drug-likeness (QED) is 0.0223. The van der Waals surface area contributed by atoms with Gasteiger partial charge in [-0.1, -0.05) is 474 Å². The molecule has 0 spiro atoms. The van der Waals surface area contributed by atoms with Crippen molar-refractivity contribution in [2.24, 2.45) is 11.1 Å². The number of oxime groups is 1. The molecule has 1 aromatic carbocycles. The van der Waals surface area contributed by atoms with Gasteiger partial charge in [0.05, 0.1) is 17.9 Å². The summed E-state index contributed by atoms with van der Waals surface area (Å²) in [4.78, 5) is 52.0. The van der Waals surface area contributed by atoms with Gasteiger partial charge >= 0.3 is 0 Å². The van der Waals surface area contributed by atoms with Crippen LogP contribution in [0.1, 0.15) is 590 Å². The molecule has 0 unspecified atom stereocenters. The first kappa shape index (κ1) is 138. The van der Waals surface area contributed by atoms with Crippen LogP contribution in [0.15, 0.2) is 175 Å². The number of hydrogen-bond donors (Lipinski definition) is 1. The van der Waals surface area contributed by atoms with E-state index in [0.29, 0.717) is 17.5 Å². The second kappa shape index (κ2) is 117. The zero-order valence-corrected chi connectivity index (χ0v) is 95.8. The Balaban J connectivity index is 0. The van der Waals surface area contributed by atoms with Gasteiger partial charge in [0.15, 0.2) is 17.7 Å². The Morgan fingerprint density at radius 1 is 0.282 bits per heavy atom. The highest BCUT2D eigenvalue weighted by molar-refractivity contribution is 6.28. The zero-order chi connectivity index (χ0) is 104. The van der Waals surface area contributed by atoms with Crippen LogP contribution >= 0.6 is 0 Å². The first-order valence-electron chi connectivity index (χ1n) is 60.7. The fourth-order valence-corrected chi connectivity index (χ4v) is 17.6. The predicted molar refractivity (Wildman–Crippen MR) is 632 cm³/mol. The third kappa shape index (κ3) is 106. The largest absolute Gasteiger partial charge is 0.393 e. The van der Waals surface area contributed by atoms with Gasteiger partial charge in [-0.05, 0) is 286 Å². The second-order valence-corrected chi connectivity index (χ2v) is 41.8. The number of unbranched alkanes of at least 4 members (excludes halogenated alkanes) is 54. The maximum atomic E-state index is 13.0. The van der Waals surface area contributed by atoms with E-state index < -0.39 is 6.10 Å². The van der Waals surface area contributed by atoms with Crippen molar-refractivity contribution in [2.75, 3.05) is 41.3 Å². The van der Waals surface area contributed by atoms with Crippen molar-refractivity contribution in [1.29, 1.82) is 0 Å². The third-order valence-corrected chi connectivity index (χ3v) is 27.0. The highest BCUT2D eigenvalue weighted by Crippen LogP contribution is 2.29. The SMILES string of the molecule is CC(=O)CCN(C)C.CCCCC/C=C\C/C=C\CCCCCCCCC(CCCCCCCC/C=C\C/C=C\CCCCC)OC1C(=O)c2ccccc2C1=O.CCCCC/C=C\C/C=C\CCCCCCCCC(CCCCCCCC/C=C\C/C=C\CCCCC)ON.CCCCC/C=C\C/C=C\CCCCCCCCC(CCCCCCCC/C=C\C/C=C\CCCCC)ON=C(C)CCN(C)C. The molecule has 10 nitrogen and oxygen atoms in total. The van der Waals surface area contributed by atoms with Gasteiger partial charge in [0.1, 0.15) is 11.9 Å². The number of nitrogens with zero attached hydrogens (tertiary/aromatic N) is 3. The number of ketones is 3. The molecule has 1 aliphatic carbocycles. The molecule has 0 amide bonds. The van der Waals surface area contributed by atoms with E-state index in [4.69, 9.17) is 20.3 Å². The summed E-state index contributed by atoms with van der Waals surface area (Å²) in [7, 11) is 8.16. The lowest BCUT2D eigenvalue weighted by molar-refractivity contribution is -0.117. The Morgan fingerprint density at radius 3 is 0.683 bits per heavy atom. The fraction of sp³-hybridized carbons (Fsp3) is 0.742. The minimum absolute atomic E-state index is 0.0242. The highest BCUT2D eigenvalue weighted by Gasteiger charge is 2.40. The predicted octanol–water partition coefficient (Wildman–Crippen LogP) is 41.5. The molecule has 0 aromatic heterocycles. The van der Waals surface area contributed by atoms with Crippen LogP contribution in [-0.4, -0.2) is 98.6 Å². The van der Waals surface area contributed by atoms with Crippen LogP contribution in [0.3, 0.4) is 0 Å². The maximum Gasteiger partial charge on any atom is 0.200 e. The number of rotatable bonds is 101. The zero-order valence-electron chi connectivity index (χ0n) is 95.8. The van der Waals surface area contributed by atoms with Crippen LogP contribution in [0.2, 0.25) is 0 Å². The normalized spacial score (nSPS) is 13.0. The van der Waals surface area contributed by atoms with Crippen molar-refractivity contribution < 1.29 is 28.8 Å². The Morgan fingerprint density at radius 2 is 0.479 bits per heavy atom. The summed E-state index contributed by atoms with van der Waals surface area (Å²) in [5, 5.41) is 4.55. The smallest absolute Gasteiger partial charge is 0.200 e. The van der Waals surface area contributed by atoms with E-state index in [1.165, 1.54) is 411 Å². The van der Waals surface area contributed by atoms with Crippen molar-refractivity contribution in [3.8, 4) is 0 Å². The molecule has 0 saturated heterocycles. The van der Waals surface area contributed by atoms with Crippen molar-refractivity contribution >= 4 is 23.1 Å². The Hall–Kier alpha value is -5.62. The molecule has 0 radical (unpaired) electrons. The average molecular weight is 1970 g/mol. The average Bonchev–Trinajstić information content (AvgIpc) is 1.64. The second-order valence-electron chi connectivity index (χ2n) is 41.8. The van der Waals surface area contributed by atoms with Crippen molar-refractivity contribution in [2.45, 2.75) is 593 Å². The van der Waals surface area contributed by atoms with Gasteiger partial charge in [-0.25, -0.2) is 5.90 Å². The van der Waals surface area contributed by atoms with Gasteiger partial charge in [0.2, 0.25) is 0 Å². The summed E-state index contributed by atoms with van der Waals surface area (Å²) in [6.07, 6.45) is 156. The van der Waals surface area contributed by atoms with Crippen molar-refractivity contribution in [3.63, 3.8) is 0 Å². The van der Waals surface area contributed by atoms with E-state index in [1.54, 1.807) is 19.1 Å². The Kier molecular flexibility index (Phi) is 114. The third-order valence-electron chi connectivity index (χ3n) is 27.0. The van der Waals surface area contributed by atoms with Gasteiger partial charge in [0, 0.05) is 37.1 Å². The molecule has 0 heterocycles. The minimum Gasteiger partial charge on any atom is -0.393 e. The number of carbonyl (C=O) groups excluding carboxylic acids is 3. The van der Waals surface area contributed by atoms with Crippen molar-refractivity contribution in [1.82, 2.24) is 9.80 Å². The number of allylic oxidation sites excluding steroid dienone is 24. The van der Waals surface area contributed by atoms with Gasteiger partial charge < -0.3 is 24.2 Å². The lowest BCUT2D eigenvalue weighted by Gasteiger charge is -2.21. The molecule has 142 heavy (non-hydrogen) atoms. The summed E-state index contributed by atoms with van der Waals surface area (Å²) in [5.41, 5.74) is 2.17. The molecule has 818 valence electrons. The van der Waals surface area contributed by atoms with Crippen LogP contribution < -0.4 is 5.90 Å². The van der Waals surface area contributed by atoms with Gasteiger partial charge in [-0.15, -0.1) is 0 Å². The number of hydrogen-bond acceptors (Lipinski definition) is 10. The van der Waals surface area contributed by atoms with Crippen LogP contribution in [-0.2, 0) is 19.2 Å². The van der Waals surface area contributed by atoms with E-state index in [1.807, 2.05) is 31.1 Å². The molecular formula is C132H234N4O6. The number of carbonyl (C=O) groups is 3. The van der Waals surface area contributed by atoms with Crippen LogP contribution in [0.25, 0.3) is 0 Å². The molecule has 10 heteroatoms. The standard InChI is InChI=1S/C46H72O3.C43H80N2O.C37H69NO.C6H13NO/c1-3-5-7-9-11-13-15-17-19-21-23-25-27-29-31-33-37-41(49-46-44(47)42-39-35-36-40-43(42)45(46)48)38-34-32-30-28-26-24-22-20-18-16-14-12-10-8-6-4-2;1-6-8-10-12-14-16-18-20-22-24-26-28-30-32-34-36-38-43(46-44-42(3)40-41-45(4)5)39-37-35-33-31-29-27-25-23-21-19-17-15-13-11-9-7-2;1-3-5-7-9-11-13-15-17-19-21-23-25-27-29-31-33-35-37(39-38)36-34-32-30-28-26-24-22-20-18-16-14-12-10-8-6-4-2;1-6(8)4-5-7(2)3/h11-14,17-20,35-36,39-41,46H,3-10,15-16,21-34,37-38H2,1-2H3;14-17,20-23,43H,6-13,18-19,24-41H2,1-5H3;11-14,17-20,37H,3-10,15-16,21-36,38H2,1-2H3;4-5H2,1-3H3/b13-11-,14-12-,19-17-,20-18-;16-14-,17-15-,22-20-,23-21-,44-42?;13-11-,14-12-,19-17-,20-18-;. The lowest BCUT2D eigenvalue weighted by atomic mass is 10.0. The number of nitrogens with two attached hydrogens (primary N) is 1. The van der Waals surface area contributed by atoms with E-state index in [2.05, 4.69) is 218 Å². The van der Waals surface area contributed by atoms with Gasteiger partial charge in [0.25, 0.3) is 0 Å². The maximum absolute atomic E-state index is 13.0. The molecule has 0 saturated carbocycles. The van der Waals surface area contributed by atoms with E-state index in [0.717, 1.165) is 115 Å². The first-order chi connectivity index (χ1) is 69.8. The number of benzene rings is 1. The molecule has 0 atom stereocenters. The van der Waals surface area contributed by atoms with Crippen molar-refractivity contribution in [3.05, 3.63) is 181 Å². The van der Waals surface area contributed by atoms with E-state index in [-0.39, 0.29) is 35.7 Å². The van der Waals surface area contributed by atoms with Crippen LogP contribution in [0, 0.1) is 0 Å². The highest BCUT2D eigenvalue weighted by atomic mass is 16.6. The number of ether oxygens (including phenoxy) is 1. The topological polar surface area (TPSA) is 124 Å². The van der Waals surface area contributed by atoms with Gasteiger partial charge in [-0.3, -0.25) is 14.4 Å². The summed E-state index contributed by atoms with van der Waals surface area (Å²) < 4.78 is 6.34. The molecule has 1 aromatic rings. The summed E-state index contributed by atoms with van der Waals surface area (Å²) in [5.74, 6) is 5.54. The summed E-state index contributed by atoms with van der Waals surface area (Å²) in [6, 6.07) is 7.19. The Bertz CT molecular complexity index is 3050. The summed E-state index contributed by atoms with van der Waals surface area (Å²) in [6.45, 7) is 19.2. The Labute approximate surface area is 883 Å². The molecule has 0 fully saturated rings. The first-order valence-corrected chi connectivity index (χ1v) is 60.7. The van der Waals surface area contributed by atoms with Crippen LogP contribution in [0.4, 0.5) is 0 Å². The van der Waals surface area contributed by atoms with E-state index >= 15 is 0 Å². The molecule has 2 rings (SSSR count). The minimum atomic E-state index is -0.948. The molecule has 2 N–H and O–H groups in total. The lowest BCUT2D eigenvalue weighted by Crippen LogP contribution is -2.31.